The molecule has 0 aliphatic heterocycles. The van der Waals surface area contributed by atoms with Crippen LogP contribution in [0.15, 0.2) is 42.8 Å². The maximum absolute atomic E-state index is 11.9. The molecule has 0 fully saturated rings. The molecule has 0 amide bonds. The number of carbonyl (C=O) groups excluding carboxylic acids is 1. The van der Waals surface area contributed by atoms with E-state index in [9.17, 15) is 4.79 Å². The summed E-state index contributed by atoms with van der Waals surface area (Å²) in [6.07, 6.45) is 2.79. The fourth-order valence-corrected chi connectivity index (χ4v) is 2.10. The van der Waals surface area contributed by atoms with Crippen LogP contribution in [0.4, 0.5) is 0 Å². The molecular weight excluding hydrogens is 341 g/mol. The van der Waals surface area contributed by atoms with E-state index in [4.69, 9.17) is 37.4 Å². The van der Waals surface area contributed by atoms with Crippen molar-refractivity contribution in [3.8, 4) is 11.6 Å². The number of benzene rings is 1. The molecule has 2 aromatic rings. The fourth-order valence-electron chi connectivity index (χ4n) is 1.79. The van der Waals surface area contributed by atoms with Gasteiger partial charge in [0.15, 0.2) is 0 Å². The maximum atomic E-state index is 11.9. The molecule has 0 aliphatic carbocycles. The molecule has 120 valence electrons. The minimum Gasteiger partial charge on any atom is -0.503 e. The SMILES string of the molecule is CO/C=C(/C(=O)OC)c1cccnc1Oc1cc(Cl)ccc1Cl. The van der Waals surface area contributed by atoms with Gasteiger partial charge < -0.3 is 14.2 Å². The summed E-state index contributed by atoms with van der Waals surface area (Å²) in [5.41, 5.74) is 0.563. The summed E-state index contributed by atoms with van der Waals surface area (Å²) < 4.78 is 15.4. The van der Waals surface area contributed by atoms with E-state index in [0.717, 1.165) is 0 Å². The van der Waals surface area contributed by atoms with Crippen molar-refractivity contribution >= 4 is 34.7 Å². The van der Waals surface area contributed by atoms with Crippen LogP contribution in [-0.4, -0.2) is 25.2 Å². The van der Waals surface area contributed by atoms with Crippen LogP contribution in [0, 0.1) is 0 Å². The van der Waals surface area contributed by atoms with E-state index >= 15 is 0 Å². The van der Waals surface area contributed by atoms with Gasteiger partial charge in [-0.05, 0) is 24.3 Å². The Morgan fingerprint density at radius 2 is 2.00 bits per heavy atom. The summed E-state index contributed by atoms with van der Waals surface area (Å²) >= 11 is 12.0. The lowest BCUT2D eigenvalue weighted by molar-refractivity contribution is -0.133. The molecule has 1 heterocycles. The first-order valence-corrected chi connectivity index (χ1v) is 7.22. The van der Waals surface area contributed by atoms with E-state index in [1.54, 1.807) is 30.3 Å². The first-order chi connectivity index (χ1) is 11.1. The van der Waals surface area contributed by atoms with Crippen LogP contribution in [0.1, 0.15) is 5.56 Å². The molecule has 23 heavy (non-hydrogen) atoms. The van der Waals surface area contributed by atoms with E-state index in [1.165, 1.54) is 26.7 Å². The first-order valence-electron chi connectivity index (χ1n) is 6.46. The Bertz CT molecular complexity index is 747. The third kappa shape index (κ3) is 4.15. The van der Waals surface area contributed by atoms with Gasteiger partial charge in [0.25, 0.3) is 0 Å². The highest BCUT2D eigenvalue weighted by Gasteiger charge is 2.19. The Kier molecular flexibility index (Phi) is 5.84. The van der Waals surface area contributed by atoms with Crippen molar-refractivity contribution in [1.82, 2.24) is 4.98 Å². The van der Waals surface area contributed by atoms with Gasteiger partial charge in [0.05, 0.1) is 31.1 Å². The maximum Gasteiger partial charge on any atom is 0.341 e. The molecular formula is C16H13Cl2NO4. The second kappa shape index (κ2) is 7.85. The third-order valence-electron chi connectivity index (χ3n) is 2.80. The van der Waals surface area contributed by atoms with Crippen LogP contribution in [-0.2, 0) is 14.3 Å². The number of carbonyl (C=O) groups is 1. The topological polar surface area (TPSA) is 57.7 Å². The van der Waals surface area contributed by atoms with E-state index in [0.29, 0.717) is 21.4 Å². The number of pyridine rings is 1. The third-order valence-corrected chi connectivity index (χ3v) is 3.35. The highest BCUT2D eigenvalue weighted by Crippen LogP contribution is 2.34. The van der Waals surface area contributed by atoms with Crippen LogP contribution in [0.3, 0.4) is 0 Å². The van der Waals surface area contributed by atoms with E-state index in [2.05, 4.69) is 4.98 Å². The number of ether oxygens (including phenoxy) is 3. The molecule has 0 N–H and O–H groups in total. The van der Waals surface area contributed by atoms with Crippen molar-refractivity contribution in [1.29, 1.82) is 0 Å². The zero-order valence-corrected chi connectivity index (χ0v) is 13.9. The van der Waals surface area contributed by atoms with Gasteiger partial charge in [0.1, 0.15) is 11.3 Å². The Morgan fingerprint density at radius 1 is 1.22 bits per heavy atom. The van der Waals surface area contributed by atoms with Gasteiger partial charge in [0, 0.05) is 17.3 Å². The lowest BCUT2D eigenvalue weighted by atomic mass is 10.1. The van der Waals surface area contributed by atoms with Gasteiger partial charge in [-0.2, -0.15) is 0 Å². The lowest BCUT2D eigenvalue weighted by Gasteiger charge is -2.12. The predicted octanol–water partition coefficient (Wildman–Crippen LogP) is 4.34. The predicted molar refractivity (Wildman–Crippen MR) is 87.8 cm³/mol. The quantitative estimate of drug-likeness (QED) is 0.454. The van der Waals surface area contributed by atoms with Crippen molar-refractivity contribution in [3.63, 3.8) is 0 Å². The second-order valence-corrected chi connectivity index (χ2v) is 5.14. The number of nitrogens with zero attached hydrogens (tertiary/aromatic N) is 1. The summed E-state index contributed by atoms with van der Waals surface area (Å²) in [6, 6.07) is 8.12. The molecule has 0 atom stereocenters. The second-order valence-electron chi connectivity index (χ2n) is 4.29. The Balaban J connectivity index is 2.46. The summed E-state index contributed by atoms with van der Waals surface area (Å²) in [7, 11) is 2.70. The first kappa shape index (κ1) is 17.1. The average Bonchev–Trinajstić information content (AvgIpc) is 2.56. The normalized spacial score (nSPS) is 11.0. The zero-order valence-electron chi connectivity index (χ0n) is 12.4. The molecule has 0 saturated carbocycles. The number of aromatic nitrogens is 1. The minimum atomic E-state index is -0.582. The van der Waals surface area contributed by atoms with Crippen LogP contribution in [0.2, 0.25) is 10.0 Å². The zero-order chi connectivity index (χ0) is 16.8. The average molecular weight is 354 g/mol. The Hall–Kier alpha value is -2.24. The monoisotopic (exact) mass is 353 g/mol. The van der Waals surface area contributed by atoms with Gasteiger partial charge in [0.2, 0.25) is 5.88 Å². The molecule has 5 nitrogen and oxygen atoms in total. The molecule has 0 aliphatic rings. The minimum absolute atomic E-state index is 0.163. The Morgan fingerprint density at radius 3 is 2.70 bits per heavy atom. The van der Waals surface area contributed by atoms with E-state index in [1.807, 2.05) is 0 Å². The molecule has 7 heteroatoms. The van der Waals surface area contributed by atoms with Gasteiger partial charge in [-0.3, -0.25) is 0 Å². The lowest BCUT2D eigenvalue weighted by Crippen LogP contribution is -2.06. The van der Waals surface area contributed by atoms with E-state index in [-0.39, 0.29) is 11.5 Å². The van der Waals surface area contributed by atoms with Crippen molar-refractivity contribution < 1.29 is 19.0 Å². The van der Waals surface area contributed by atoms with Crippen LogP contribution >= 0.6 is 23.2 Å². The summed E-state index contributed by atoms with van der Waals surface area (Å²) in [4.78, 5) is 16.1. The highest BCUT2D eigenvalue weighted by atomic mass is 35.5. The highest BCUT2D eigenvalue weighted by molar-refractivity contribution is 6.34. The fraction of sp³-hybridized carbons (Fsp3) is 0.125. The molecule has 0 bridgehead atoms. The van der Waals surface area contributed by atoms with Gasteiger partial charge in [-0.25, -0.2) is 9.78 Å². The summed E-state index contributed by atoms with van der Waals surface area (Å²) in [5, 5.41) is 0.823. The number of halogens is 2. The number of hydrogen-bond acceptors (Lipinski definition) is 5. The molecule has 1 aromatic heterocycles. The summed E-state index contributed by atoms with van der Waals surface area (Å²) in [6.45, 7) is 0. The molecule has 1 aromatic carbocycles. The van der Waals surface area contributed by atoms with Crippen molar-refractivity contribution in [3.05, 3.63) is 58.4 Å². The van der Waals surface area contributed by atoms with Gasteiger partial charge >= 0.3 is 5.97 Å². The molecule has 0 unspecified atom stereocenters. The number of rotatable bonds is 5. The van der Waals surface area contributed by atoms with Gasteiger partial charge in [-0.1, -0.05) is 23.2 Å². The standard InChI is InChI=1S/C16H13Cl2NO4/c1-21-9-12(16(20)22-2)11-4-3-7-19-15(11)23-14-8-10(17)5-6-13(14)18/h3-9H,1-2H3/b12-9+. The molecule has 0 saturated heterocycles. The smallest absolute Gasteiger partial charge is 0.341 e. The molecule has 2 rings (SSSR count). The van der Waals surface area contributed by atoms with Crippen LogP contribution in [0.5, 0.6) is 11.6 Å². The summed E-state index contributed by atoms with van der Waals surface area (Å²) in [5.74, 6) is -0.0898. The molecule has 0 spiro atoms. The van der Waals surface area contributed by atoms with Crippen molar-refractivity contribution in [2.45, 2.75) is 0 Å². The van der Waals surface area contributed by atoms with Crippen LogP contribution < -0.4 is 4.74 Å². The van der Waals surface area contributed by atoms with E-state index < -0.39 is 5.97 Å². The van der Waals surface area contributed by atoms with Crippen LogP contribution in [0.25, 0.3) is 5.57 Å². The van der Waals surface area contributed by atoms with Gasteiger partial charge in [-0.15, -0.1) is 0 Å². The van der Waals surface area contributed by atoms with Crippen molar-refractivity contribution in [2.75, 3.05) is 14.2 Å². The number of esters is 1. The largest absolute Gasteiger partial charge is 0.503 e. The molecule has 0 radical (unpaired) electrons. The number of hydrogen-bond donors (Lipinski definition) is 0. The Labute approximate surface area is 143 Å². The van der Waals surface area contributed by atoms with Crippen molar-refractivity contribution in [2.24, 2.45) is 0 Å². The number of methoxy groups -OCH3 is 2.